The van der Waals surface area contributed by atoms with Gasteiger partial charge in [-0.2, -0.15) is 5.10 Å². The van der Waals surface area contributed by atoms with Gasteiger partial charge >= 0.3 is 0 Å². The first-order chi connectivity index (χ1) is 21.1. The van der Waals surface area contributed by atoms with Gasteiger partial charge in [-0.05, 0) is 62.0 Å². The van der Waals surface area contributed by atoms with Crippen LogP contribution < -0.4 is 15.5 Å². The fraction of sp³-hybridized carbons (Fsp3) is 0.300. The summed E-state index contributed by atoms with van der Waals surface area (Å²) < 4.78 is 59.3. The smallest absolute Gasteiger partial charge is 0.258 e. The lowest BCUT2D eigenvalue weighted by Gasteiger charge is -2.34. The van der Waals surface area contributed by atoms with Crippen molar-refractivity contribution in [3.8, 4) is 0 Å². The summed E-state index contributed by atoms with van der Waals surface area (Å²) in [5.74, 6) is -3.17. The highest BCUT2D eigenvalue weighted by Crippen LogP contribution is 2.31. The van der Waals surface area contributed by atoms with Crippen molar-refractivity contribution in [2.75, 3.05) is 62.0 Å². The van der Waals surface area contributed by atoms with Gasteiger partial charge in [0, 0.05) is 49.9 Å². The standard InChI is InChI=1S/C30H30F2N6O5S/c1-37-7-9-38(10-8-37)21-2-4-24(27(15-21)33-29(39)18-6-11-43-17-18)30(40)34-28-25-16-22(3-5-26(25)35-36-28)44(41,42)23-13-19(31)12-20(32)14-23/h2-5,12-16,18H,6-11,17H2,1H3,(H,33,39)(H2,34,35,36,40). The molecule has 4 aromatic rings. The molecule has 3 heterocycles. The van der Waals surface area contributed by atoms with Crippen molar-refractivity contribution in [2.45, 2.75) is 16.2 Å². The first-order valence-corrected chi connectivity index (χ1v) is 15.5. The van der Waals surface area contributed by atoms with Crippen LogP contribution in [0.5, 0.6) is 0 Å². The molecule has 0 bridgehead atoms. The molecule has 2 saturated heterocycles. The molecular formula is C30H30F2N6O5S. The number of carbonyl (C=O) groups is 2. The molecule has 0 aliphatic carbocycles. The fourth-order valence-electron chi connectivity index (χ4n) is 5.32. The van der Waals surface area contributed by atoms with E-state index in [4.69, 9.17) is 4.74 Å². The van der Waals surface area contributed by atoms with Gasteiger partial charge < -0.3 is 25.2 Å². The van der Waals surface area contributed by atoms with Crippen LogP contribution in [-0.4, -0.2) is 81.8 Å². The third-order valence-electron chi connectivity index (χ3n) is 7.90. The van der Waals surface area contributed by atoms with Crippen LogP contribution in [0.4, 0.5) is 26.0 Å². The molecule has 6 rings (SSSR count). The van der Waals surface area contributed by atoms with Gasteiger partial charge in [0.2, 0.25) is 15.7 Å². The molecule has 2 amide bonds. The molecule has 230 valence electrons. The second-order valence-corrected chi connectivity index (χ2v) is 12.9. The number of hydrogen-bond acceptors (Lipinski definition) is 8. The van der Waals surface area contributed by atoms with Crippen LogP contribution >= 0.6 is 0 Å². The summed E-state index contributed by atoms with van der Waals surface area (Å²) in [5, 5.41) is 12.8. The lowest BCUT2D eigenvalue weighted by atomic mass is 10.1. The predicted molar refractivity (Wildman–Crippen MR) is 160 cm³/mol. The van der Waals surface area contributed by atoms with Crippen molar-refractivity contribution in [1.29, 1.82) is 0 Å². The second kappa shape index (κ2) is 11.9. The number of carbonyl (C=O) groups excluding carboxylic acids is 2. The molecule has 2 aliphatic heterocycles. The number of piperazine rings is 1. The SMILES string of the molecule is CN1CCN(c2ccc(C(=O)Nc3n[nH]c4ccc(S(=O)(=O)c5cc(F)cc(F)c5)cc34)c(NC(=O)C3CCOC3)c2)CC1. The molecular weight excluding hydrogens is 594 g/mol. The van der Waals surface area contributed by atoms with E-state index in [2.05, 4.69) is 37.7 Å². The van der Waals surface area contributed by atoms with Crippen molar-refractivity contribution in [3.05, 3.63) is 71.8 Å². The van der Waals surface area contributed by atoms with Crippen molar-refractivity contribution in [3.63, 3.8) is 0 Å². The average Bonchev–Trinajstić information content (AvgIpc) is 3.68. The lowest BCUT2D eigenvalue weighted by molar-refractivity contribution is -0.119. The maximum atomic E-state index is 13.8. The lowest BCUT2D eigenvalue weighted by Crippen LogP contribution is -2.44. The quantitative estimate of drug-likeness (QED) is 0.284. The van der Waals surface area contributed by atoms with E-state index >= 15 is 0 Å². The minimum atomic E-state index is -4.30. The van der Waals surface area contributed by atoms with E-state index in [1.807, 2.05) is 6.07 Å². The minimum absolute atomic E-state index is 0.0390. The number of nitrogens with zero attached hydrogens (tertiary/aromatic N) is 3. The molecule has 3 aromatic carbocycles. The number of H-pyrrole nitrogens is 1. The summed E-state index contributed by atoms with van der Waals surface area (Å²) in [6.45, 7) is 4.13. The van der Waals surface area contributed by atoms with E-state index in [0.29, 0.717) is 36.9 Å². The average molecular weight is 625 g/mol. The van der Waals surface area contributed by atoms with Gasteiger partial charge in [0.05, 0.1) is 39.1 Å². The highest BCUT2D eigenvalue weighted by molar-refractivity contribution is 7.91. The van der Waals surface area contributed by atoms with Crippen LogP contribution in [0.15, 0.2) is 64.4 Å². The van der Waals surface area contributed by atoms with Gasteiger partial charge in [0.15, 0.2) is 5.82 Å². The molecule has 3 N–H and O–H groups in total. The zero-order valence-electron chi connectivity index (χ0n) is 23.8. The third kappa shape index (κ3) is 6.00. The van der Waals surface area contributed by atoms with Gasteiger partial charge in [-0.1, -0.05) is 0 Å². The van der Waals surface area contributed by atoms with Crippen LogP contribution in [0.1, 0.15) is 16.8 Å². The van der Waals surface area contributed by atoms with E-state index in [1.54, 1.807) is 12.1 Å². The number of likely N-dealkylation sites (N-methyl/N-ethyl adjacent to an activating group) is 1. The van der Waals surface area contributed by atoms with E-state index in [9.17, 15) is 26.8 Å². The molecule has 2 aliphatic rings. The van der Waals surface area contributed by atoms with E-state index in [0.717, 1.165) is 44.0 Å². The maximum absolute atomic E-state index is 13.8. The molecule has 1 unspecified atom stereocenters. The summed E-state index contributed by atoms with van der Waals surface area (Å²) >= 11 is 0. The Bertz CT molecular complexity index is 1830. The summed E-state index contributed by atoms with van der Waals surface area (Å²) in [5.41, 5.74) is 1.80. The Labute approximate surface area is 252 Å². The second-order valence-electron chi connectivity index (χ2n) is 10.9. The van der Waals surface area contributed by atoms with Crippen LogP contribution in [-0.2, 0) is 19.4 Å². The number of fused-ring (bicyclic) bond motifs is 1. The van der Waals surface area contributed by atoms with Gasteiger partial charge in [-0.3, -0.25) is 14.7 Å². The molecule has 0 radical (unpaired) electrons. The summed E-state index contributed by atoms with van der Waals surface area (Å²) in [6, 6.07) is 11.3. The Balaban J connectivity index is 1.31. The van der Waals surface area contributed by atoms with Gasteiger partial charge in [0.1, 0.15) is 11.6 Å². The number of aromatic amines is 1. The Morgan fingerprint density at radius 3 is 2.41 bits per heavy atom. The minimum Gasteiger partial charge on any atom is -0.381 e. The normalized spacial score (nSPS) is 17.6. The Kier molecular flexibility index (Phi) is 8.05. The van der Waals surface area contributed by atoms with Crippen molar-refractivity contribution >= 4 is 49.7 Å². The first-order valence-electron chi connectivity index (χ1n) is 14.1. The Morgan fingerprint density at radius 2 is 1.70 bits per heavy atom. The predicted octanol–water partition coefficient (Wildman–Crippen LogP) is 3.65. The number of hydrogen-bond donors (Lipinski definition) is 3. The number of aromatic nitrogens is 2. The number of rotatable bonds is 7. The highest BCUT2D eigenvalue weighted by atomic mass is 32.2. The zero-order chi connectivity index (χ0) is 31.0. The molecule has 2 fully saturated rings. The highest BCUT2D eigenvalue weighted by Gasteiger charge is 2.27. The number of amides is 2. The van der Waals surface area contributed by atoms with Crippen molar-refractivity contribution in [2.24, 2.45) is 5.92 Å². The molecule has 0 spiro atoms. The Morgan fingerprint density at radius 1 is 0.955 bits per heavy atom. The van der Waals surface area contributed by atoms with Crippen LogP contribution in [0.3, 0.4) is 0 Å². The molecule has 1 atom stereocenters. The van der Waals surface area contributed by atoms with E-state index < -0.39 is 32.3 Å². The zero-order valence-corrected chi connectivity index (χ0v) is 24.6. The van der Waals surface area contributed by atoms with Crippen molar-refractivity contribution in [1.82, 2.24) is 15.1 Å². The number of benzene rings is 3. The van der Waals surface area contributed by atoms with E-state index in [1.165, 1.54) is 18.2 Å². The molecule has 11 nitrogen and oxygen atoms in total. The van der Waals surface area contributed by atoms with Crippen molar-refractivity contribution < 1.29 is 31.5 Å². The summed E-state index contributed by atoms with van der Waals surface area (Å²) in [4.78, 5) is 30.3. The van der Waals surface area contributed by atoms with E-state index in [-0.39, 0.29) is 33.5 Å². The molecule has 0 saturated carbocycles. The first kappa shape index (κ1) is 29.7. The summed E-state index contributed by atoms with van der Waals surface area (Å²) in [6.07, 6.45) is 0.582. The summed E-state index contributed by atoms with van der Waals surface area (Å²) in [7, 11) is -2.24. The molecule has 14 heteroatoms. The molecule has 1 aromatic heterocycles. The molecule has 44 heavy (non-hydrogen) atoms. The maximum Gasteiger partial charge on any atom is 0.258 e. The number of sulfone groups is 1. The topological polar surface area (TPSA) is 137 Å². The van der Waals surface area contributed by atoms with Gasteiger partial charge in [0.25, 0.3) is 5.91 Å². The number of ether oxygens (including phenoxy) is 1. The number of anilines is 3. The fourth-order valence-corrected chi connectivity index (χ4v) is 6.65. The van der Waals surface area contributed by atoms with Crippen LogP contribution in [0, 0.1) is 17.6 Å². The Hall–Kier alpha value is -4.40. The van der Waals surface area contributed by atoms with Crippen LogP contribution in [0.2, 0.25) is 0 Å². The number of nitrogens with one attached hydrogen (secondary N) is 3. The van der Waals surface area contributed by atoms with Gasteiger partial charge in [-0.25, -0.2) is 17.2 Å². The van der Waals surface area contributed by atoms with Gasteiger partial charge in [-0.15, -0.1) is 0 Å². The third-order valence-corrected chi connectivity index (χ3v) is 9.63. The number of halogens is 2. The monoisotopic (exact) mass is 624 g/mol. The largest absolute Gasteiger partial charge is 0.381 e. The van der Waals surface area contributed by atoms with Crippen LogP contribution in [0.25, 0.3) is 10.9 Å².